The Bertz CT molecular complexity index is 1740. The Labute approximate surface area is 284 Å². The Balaban J connectivity index is 1.81. The van der Waals surface area contributed by atoms with Crippen LogP contribution in [0.3, 0.4) is 0 Å². The molecule has 8 nitrogen and oxygen atoms in total. The number of nitrogens with zero attached hydrogens (tertiary/aromatic N) is 2. The first-order chi connectivity index (χ1) is 22.0. The second kappa shape index (κ2) is 16.1. The van der Waals surface area contributed by atoms with Crippen LogP contribution in [0.1, 0.15) is 30.0 Å². The summed E-state index contributed by atoms with van der Waals surface area (Å²) in [5, 5.41) is 3.13. The molecule has 0 heterocycles. The number of benzene rings is 4. The minimum absolute atomic E-state index is 0.0128. The van der Waals surface area contributed by atoms with E-state index in [0.29, 0.717) is 18.7 Å². The average molecular weight is 727 g/mol. The van der Waals surface area contributed by atoms with Crippen LogP contribution in [0.2, 0.25) is 5.02 Å². The van der Waals surface area contributed by atoms with Crippen LogP contribution in [0.15, 0.2) is 106 Å². The van der Waals surface area contributed by atoms with E-state index in [1.165, 1.54) is 36.3 Å². The zero-order chi connectivity index (χ0) is 33.3. The predicted molar refractivity (Wildman–Crippen MR) is 186 cm³/mol. The maximum atomic E-state index is 14.5. The van der Waals surface area contributed by atoms with E-state index in [2.05, 4.69) is 21.2 Å². The lowest BCUT2D eigenvalue weighted by Crippen LogP contribution is -2.53. The molecule has 4 aromatic carbocycles. The molecule has 4 aromatic rings. The van der Waals surface area contributed by atoms with Gasteiger partial charge in [-0.15, -0.1) is 0 Å². The Hall–Kier alpha value is -3.86. The third-order valence-electron chi connectivity index (χ3n) is 7.40. The molecule has 11 heteroatoms. The highest BCUT2D eigenvalue weighted by atomic mass is 79.9. The Morgan fingerprint density at radius 3 is 2.22 bits per heavy atom. The summed E-state index contributed by atoms with van der Waals surface area (Å²) in [4.78, 5) is 29.7. The van der Waals surface area contributed by atoms with Crippen molar-refractivity contribution in [2.75, 3.05) is 24.5 Å². The molecular weight excluding hydrogens is 690 g/mol. The third kappa shape index (κ3) is 8.90. The van der Waals surface area contributed by atoms with Crippen LogP contribution in [0.4, 0.5) is 5.69 Å². The van der Waals surface area contributed by atoms with E-state index in [9.17, 15) is 18.0 Å². The molecule has 0 aliphatic heterocycles. The molecule has 0 saturated carbocycles. The van der Waals surface area contributed by atoms with Gasteiger partial charge in [0.05, 0.1) is 22.7 Å². The summed E-state index contributed by atoms with van der Waals surface area (Å²) in [6.45, 7) is 3.73. The van der Waals surface area contributed by atoms with Crippen molar-refractivity contribution in [1.82, 2.24) is 10.2 Å². The van der Waals surface area contributed by atoms with Crippen molar-refractivity contribution in [3.05, 3.63) is 123 Å². The largest absolute Gasteiger partial charge is 0.495 e. The molecule has 0 radical (unpaired) electrons. The van der Waals surface area contributed by atoms with E-state index < -0.39 is 28.5 Å². The zero-order valence-electron chi connectivity index (χ0n) is 26.0. The lowest BCUT2D eigenvalue weighted by Gasteiger charge is -2.34. The van der Waals surface area contributed by atoms with Crippen LogP contribution >= 0.6 is 27.5 Å². The molecule has 1 atom stereocenters. The summed E-state index contributed by atoms with van der Waals surface area (Å²) < 4.78 is 35.6. The quantitative estimate of drug-likeness (QED) is 0.155. The third-order valence-corrected chi connectivity index (χ3v) is 10.0. The van der Waals surface area contributed by atoms with Gasteiger partial charge in [0.2, 0.25) is 11.8 Å². The molecule has 0 aliphatic rings. The molecule has 0 saturated heterocycles. The number of rotatable bonds is 14. The summed E-state index contributed by atoms with van der Waals surface area (Å²) in [6.07, 6.45) is 0.947. The Morgan fingerprint density at radius 1 is 0.935 bits per heavy atom. The molecule has 1 N–H and O–H groups in total. The topological polar surface area (TPSA) is 96.0 Å². The summed E-state index contributed by atoms with van der Waals surface area (Å²) in [5.41, 5.74) is 2.70. The van der Waals surface area contributed by atoms with Crippen molar-refractivity contribution in [1.29, 1.82) is 0 Å². The van der Waals surface area contributed by atoms with Gasteiger partial charge in [-0.25, -0.2) is 8.42 Å². The molecular formula is C35H37BrClN3O5S. The molecule has 0 bridgehead atoms. The number of ether oxygens (including phenoxy) is 1. The number of carbonyl (C=O) groups excluding carboxylic acids is 2. The molecule has 0 aromatic heterocycles. The van der Waals surface area contributed by atoms with Crippen LogP contribution in [0, 0.1) is 6.92 Å². The van der Waals surface area contributed by atoms with E-state index in [1.54, 1.807) is 18.2 Å². The highest BCUT2D eigenvalue weighted by molar-refractivity contribution is 9.10. The van der Waals surface area contributed by atoms with Gasteiger partial charge < -0.3 is 15.0 Å². The van der Waals surface area contributed by atoms with Gasteiger partial charge in [0, 0.05) is 24.0 Å². The van der Waals surface area contributed by atoms with Crippen LogP contribution in [0.5, 0.6) is 5.75 Å². The fourth-order valence-corrected chi connectivity index (χ4v) is 6.81. The van der Waals surface area contributed by atoms with Crippen LogP contribution < -0.4 is 14.4 Å². The molecule has 2 amide bonds. The minimum atomic E-state index is -4.25. The summed E-state index contributed by atoms with van der Waals surface area (Å²) >= 11 is 9.89. The first-order valence-electron chi connectivity index (χ1n) is 14.8. The highest BCUT2D eigenvalue weighted by Crippen LogP contribution is 2.32. The lowest BCUT2D eigenvalue weighted by atomic mass is 10.0. The number of sulfonamides is 1. The molecule has 1 unspecified atom stereocenters. The SMILES string of the molecule is CCCNC(=O)C(Cc1ccccc1)N(Cc1ccc(Br)cc1)C(=O)CN(c1ccc(OC)c(Cl)c1)S(=O)(=O)c1ccc(C)cc1. The number of halogens is 2. The summed E-state index contributed by atoms with van der Waals surface area (Å²) in [5.74, 6) is -0.522. The fraction of sp³-hybridized carbons (Fsp3) is 0.257. The zero-order valence-corrected chi connectivity index (χ0v) is 29.1. The fourth-order valence-electron chi connectivity index (χ4n) is 4.88. The Kier molecular flexibility index (Phi) is 12.3. The predicted octanol–water partition coefficient (Wildman–Crippen LogP) is 6.78. The van der Waals surface area contributed by atoms with E-state index in [0.717, 1.165) is 25.5 Å². The van der Waals surface area contributed by atoms with Gasteiger partial charge in [0.25, 0.3) is 10.0 Å². The minimum Gasteiger partial charge on any atom is -0.495 e. The number of amides is 2. The lowest BCUT2D eigenvalue weighted by molar-refractivity contribution is -0.140. The summed E-state index contributed by atoms with van der Waals surface area (Å²) in [6, 6.07) is 26.9. The normalized spacial score (nSPS) is 11.8. The van der Waals surface area contributed by atoms with Crippen LogP contribution in [-0.4, -0.2) is 51.4 Å². The van der Waals surface area contributed by atoms with Crippen molar-refractivity contribution < 1.29 is 22.7 Å². The van der Waals surface area contributed by atoms with Gasteiger partial charge in [-0.2, -0.15) is 0 Å². The maximum absolute atomic E-state index is 14.5. The van der Waals surface area contributed by atoms with Crippen molar-refractivity contribution in [3.8, 4) is 5.75 Å². The molecule has 0 fully saturated rings. The number of carbonyl (C=O) groups is 2. The monoisotopic (exact) mass is 725 g/mol. The first kappa shape index (κ1) is 35.0. The van der Waals surface area contributed by atoms with Crippen LogP contribution in [0.25, 0.3) is 0 Å². The molecule has 0 spiro atoms. The second-order valence-electron chi connectivity index (χ2n) is 10.8. The second-order valence-corrected chi connectivity index (χ2v) is 14.0. The van der Waals surface area contributed by atoms with Gasteiger partial charge in [-0.3, -0.25) is 13.9 Å². The van der Waals surface area contributed by atoms with Gasteiger partial charge in [-0.05, 0) is 66.9 Å². The average Bonchev–Trinajstić information content (AvgIpc) is 3.05. The van der Waals surface area contributed by atoms with Gasteiger partial charge in [0.15, 0.2) is 0 Å². The van der Waals surface area contributed by atoms with Crippen molar-refractivity contribution in [3.63, 3.8) is 0 Å². The summed E-state index contributed by atoms with van der Waals surface area (Å²) in [7, 11) is -2.79. The Morgan fingerprint density at radius 2 is 1.61 bits per heavy atom. The van der Waals surface area contributed by atoms with E-state index >= 15 is 0 Å². The van der Waals surface area contributed by atoms with E-state index in [1.807, 2.05) is 68.4 Å². The molecule has 242 valence electrons. The van der Waals surface area contributed by atoms with Crippen molar-refractivity contribution in [2.24, 2.45) is 0 Å². The number of hydrogen-bond acceptors (Lipinski definition) is 5. The van der Waals surface area contributed by atoms with Crippen molar-refractivity contribution in [2.45, 2.75) is 44.2 Å². The van der Waals surface area contributed by atoms with Crippen LogP contribution in [-0.2, 0) is 32.6 Å². The highest BCUT2D eigenvalue weighted by Gasteiger charge is 2.34. The molecule has 46 heavy (non-hydrogen) atoms. The van der Waals surface area contributed by atoms with Gasteiger partial charge in [0.1, 0.15) is 18.3 Å². The number of methoxy groups -OCH3 is 1. The first-order valence-corrected chi connectivity index (χ1v) is 17.4. The molecule has 4 rings (SSSR count). The number of nitrogens with one attached hydrogen (secondary N) is 1. The number of hydrogen-bond donors (Lipinski definition) is 1. The van der Waals surface area contributed by atoms with Gasteiger partial charge >= 0.3 is 0 Å². The van der Waals surface area contributed by atoms with E-state index in [-0.39, 0.29) is 34.5 Å². The van der Waals surface area contributed by atoms with Gasteiger partial charge in [-0.1, -0.05) is 94.6 Å². The number of anilines is 1. The van der Waals surface area contributed by atoms with Crippen molar-refractivity contribution >= 4 is 55.1 Å². The smallest absolute Gasteiger partial charge is 0.264 e. The molecule has 0 aliphatic carbocycles. The number of aryl methyl sites for hydroxylation is 1. The van der Waals surface area contributed by atoms with E-state index in [4.69, 9.17) is 16.3 Å². The standard InChI is InChI=1S/C35H37BrClN3O5S/c1-4-20-38-35(42)32(21-26-8-6-5-7-9-26)39(23-27-12-14-28(36)15-13-27)34(41)24-40(29-16-19-33(45-3)31(37)22-29)46(43,44)30-17-10-25(2)11-18-30/h5-19,22,32H,4,20-21,23-24H2,1-3H3,(H,38,42). The maximum Gasteiger partial charge on any atom is 0.264 e.